The third kappa shape index (κ3) is 4.74. The molecule has 2 aromatic heterocycles. The second kappa shape index (κ2) is 8.34. The van der Waals surface area contributed by atoms with Gasteiger partial charge >= 0.3 is 6.18 Å². The summed E-state index contributed by atoms with van der Waals surface area (Å²) in [4.78, 5) is 24.4. The van der Waals surface area contributed by atoms with Crippen LogP contribution in [-0.4, -0.2) is 20.9 Å². The molecule has 0 radical (unpaired) electrons. The average molecular weight is 404 g/mol. The van der Waals surface area contributed by atoms with Gasteiger partial charge in [-0.1, -0.05) is 24.3 Å². The summed E-state index contributed by atoms with van der Waals surface area (Å²) in [6, 6.07) is 6.66. The van der Waals surface area contributed by atoms with Crippen molar-refractivity contribution >= 4 is 5.91 Å². The van der Waals surface area contributed by atoms with Crippen molar-refractivity contribution in [3.05, 3.63) is 88.8 Å². The van der Waals surface area contributed by atoms with Crippen LogP contribution in [0.2, 0.25) is 0 Å². The lowest BCUT2D eigenvalue weighted by molar-refractivity contribution is -0.138. The number of amides is 1. The number of hydrogen-bond acceptors (Lipinski definition) is 4. The number of alkyl halides is 4. The number of rotatable bonds is 5. The molecule has 150 valence electrons. The highest BCUT2D eigenvalue weighted by molar-refractivity contribution is 5.94. The highest BCUT2D eigenvalue weighted by atomic mass is 19.4. The van der Waals surface area contributed by atoms with Crippen molar-refractivity contribution in [1.29, 1.82) is 0 Å². The van der Waals surface area contributed by atoms with Gasteiger partial charge in [0.1, 0.15) is 12.5 Å². The quantitative estimate of drug-likeness (QED) is 0.648. The molecule has 0 aliphatic rings. The first-order valence-electron chi connectivity index (χ1n) is 8.56. The summed E-state index contributed by atoms with van der Waals surface area (Å²) < 4.78 is 53.4. The van der Waals surface area contributed by atoms with Crippen molar-refractivity contribution in [2.75, 3.05) is 0 Å². The Bertz CT molecular complexity index is 989. The fraction of sp³-hybridized carbons (Fsp3) is 0.200. The molecule has 2 heterocycles. The first-order valence-corrected chi connectivity index (χ1v) is 8.56. The molecule has 9 heteroatoms. The SMILES string of the molecule is Cc1ncc(C(=O)N[C@@H](c2ccc(CF)cc2)c2ncccc2C(F)(F)F)cn1. The summed E-state index contributed by atoms with van der Waals surface area (Å²) >= 11 is 0. The maximum atomic E-state index is 13.5. The molecule has 0 aliphatic carbocycles. The van der Waals surface area contributed by atoms with Gasteiger partial charge in [-0.25, -0.2) is 14.4 Å². The Morgan fingerprint density at radius 3 is 2.31 bits per heavy atom. The van der Waals surface area contributed by atoms with E-state index >= 15 is 0 Å². The van der Waals surface area contributed by atoms with Crippen molar-refractivity contribution in [2.45, 2.75) is 25.8 Å². The molecule has 3 aromatic rings. The third-order valence-electron chi connectivity index (χ3n) is 4.20. The van der Waals surface area contributed by atoms with Gasteiger partial charge in [-0.3, -0.25) is 9.78 Å². The number of nitrogens with one attached hydrogen (secondary N) is 1. The van der Waals surface area contributed by atoms with Gasteiger partial charge in [0.15, 0.2) is 0 Å². The molecule has 0 bridgehead atoms. The Morgan fingerprint density at radius 1 is 1.07 bits per heavy atom. The number of aryl methyl sites for hydroxylation is 1. The third-order valence-corrected chi connectivity index (χ3v) is 4.20. The summed E-state index contributed by atoms with van der Waals surface area (Å²) in [5, 5.41) is 2.56. The van der Waals surface area contributed by atoms with Crippen LogP contribution in [0, 0.1) is 6.92 Å². The summed E-state index contributed by atoms with van der Waals surface area (Å²) in [5.74, 6) is -0.215. The highest BCUT2D eigenvalue weighted by Gasteiger charge is 2.37. The topological polar surface area (TPSA) is 67.8 Å². The second-order valence-corrected chi connectivity index (χ2v) is 6.23. The average Bonchev–Trinajstić information content (AvgIpc) is 2.72. The van der Waals surface area contributed by atoms with Crippen LogP contribution < -0.4 is 5.32 Å². The largest absolute Gasteiger partial charge is 0.418 e. The molecule has 29 heavy (non-hydrogen) atoms. The number of pyridine rings is 1. The molecule has 1 amide bonds. The van der Waals surface area contributed by atoms with E-state index in [1.54, 1.807) is 6.92 Å². The Kier molecular flexibility index (Phi) is 5.86. The van der Waals surface area contributed by atoms with Crippen LogP contribution in [0.1, 0.15) is 44.6 Å². The summed E-state index contributed by atoms with van der Waals surface area (Å²) in [7, 11) is 0. The van der Waals surface area contributed by atoms with E-state index < -0.39 is 30.4 Å². The van der Waals surface area contributed by atoms with Gasteiger partial charge in [0.05, 0.1) is 22.9 Å². The van der Waals surface area contributed by atoms with Crippen LogP contribution in [0.4, 0.5) is 17.6 Å². The standard InChI is InChI=1S/C20H16F4N4O/c1-12-26-10-15(11-27-12)19(29)28-17(14-6-4-13(9-21)5-7-14)18-16(20(22,23)24)3-2-8-25-18/h2-8,10-11,17H,9H2,1H3,(H,28,29)/t17-/m0/s1. The zero-order chi connectivity index (χ0) is 21.0. The second-order valence-electron chi connectivity index (χ2n) is 6.23. The lowest BCUT2D eigenvalue weighted by Crippen LogP contribution is -2.32. The lowest BCUT2D eigenvalue weighted by Gasteiger charge is -2.22. The van der Waals surface area contributed by atoms with E-state index in [0.717, 1.165) is 6.07 Å². The zero-order valence-electron chi connectivity index (χ0n) is 15.2. The number of carbonyl (C=O) groups excluding carboxylic acids is 1. The van der Waals surface area contributed by atoms with Gasteiger partial charge < -0.3 is 5.32 Å². The van der Waals surface area contributed by atoms with E-state index in [0.29, 0.717) is 17.0 Å². The van der Waals surface area contributed by atoms with Gasteiger partial charge in [-0.05, 0) is 30.2 Å². The minimum absolute atomic E-state index is 0.0884. The molecule has 1 atom stereocenters. The number of aromatic nitrogens is 3. The monoisotopic (exact) mass is 404 g/mol. The molecule has 0 aliphatic heterocycles. The van der Waals surface area contributed by atoms with Gasteiger partial charge in [-0.2, -0.15) is 13.2 Å². The summed E-state index contributed by atoms with van der Waals surface area (Å²) in [6.45, 7) is 0.926. The van der Waals surface area contributed by atoms with E-state index in [1.165, 1.54) is 48.9 Å². The Balaban J connectivity index is 2.05. The Labute approximate surface area is 163 Å². The first-order chi connectivity index (χ1) is 13.8. The number of benzene rings is 1. The van der Waals surface area contributed by atoms with Gasteiger partial charge in [0.25, 0.3) is 5.91 Å². The normalized spacial score (nSPS) is 12.4. The van der Waals surface area contributed by atoms with Crippen LogP contribution in [-0.2, 0) is 12.9 Å². The highest BCUT2D eigenvalue weighted by Crippen LogP contribution is 2.35. The van der Waals surface area contributed by atoms with E-state index in [9.17, 15) is 22.4 Å². The molecule has 3 rings (SSSR count). The minimum atomic E-state index is -4.67. The molecule has 0 fully saturated rings. The number of nitrogens with zero attached hydrogens (tertiary/aromatic N) is 3. The van der Waals surface area contributed by atoms with Crippen molar-refractivity contribution < 1.29 is 22.4 Å². The van der Waals surface area contributed by atoms with Crippen molar-refractivity contribution in [1.82, 2.24) is 20.3 Å². The minimum Gasteiger partial charge on any atom is -0.339 e. The van der Waals surface area contributed by atoms with E-state index in [4.69, 9.17) is 0 Å². The fourth-order valence-electron chi connectivity index (χ4n) is 2.72. The summed E-state index contributed by atoms with van der Waals surface area (Å²) in [6.07, 6.45) is -0.888. The number of carbonyl (C=O) groups is 1. The van der Waals surface area contributed by atoms with Crippen molar-refractivity contribution in [3.8, 4) is 0 Å². The molecule has 0 spiro atoms. The number of hydrogen-bond donors (Lipinski definition) is 1. The Hall–Kier alpha value is -3.36. The lowest BCUT2D eigenvalue weighted by atomic mass is 9.97. The van der Waals surface area contributed by atoms with Crippen LogP contribution in [0.25, 0.3) is 0 Å². The van der Waals surface area contributed by atoms with Gasteiger partial charge in [-0.15, -0.1) is 0 Å². The molecule has 0 saturated carbocycles. The van der Waals surface area contributed by atoms with Crippen LogP contribution in [0.5, 0.6) is 0 Å². The maximum Gasteiger partial charge on any atom is 0.418 e. The predicted molar refractivity (Wildman–Crippen MR) is 96.6 cm³/mol. The van der Waals surface area contributed by atoms with Crippen molar-refractivity contribution in [2.24, 2.45) is 0 Å². The van der Waals surface area contributed by atoms with Crippen LogP contribution in [0.15, 0.2) is 55.0 Å². The van der Waals surface area contributed by atoms with E-state index in [1.807, 2.05) is 0 Å². The predicted octanol–water partition coefficient (Wildman–Crippen LogP) is 4.19. The fourth-order valence-corrected chi connectivity index (χ4v) is 2.72. The smallest absolute Gasteiger partial charge is 0.339 e. The molecule has 0 unspecified atom stereocenters. The van der Waals surface area contributed by atoms with E-state index in [2.05, 4.69) is 20.3 Å². The maximum absolute atomic E-state index is 13.5. The van der Waals surface area contributed by atoms with Gasteiger partial charge in [0.2, 0.25) is 0 Å². The molecule has 0 saturated heterocycles. The summed E-state index contributed by atoms with van der Waals surface area (Å²) in [5.41, 5.74) is -0.560. The molecule has 1 N–H and O–H groups in total. The molecule has 5 nitrogen and oxygen atoms in total. The first kappa shape index (κ1) is 20.4. The van der Waals surface area contributed by atoms with Gasteiger partial charge in [0, 0.05) is 18.6 Å². The van der Waals surface area contributed by atoms with E-state index in [-0.39, 0.29) is 11.3 Å². The number of halogens is 4. The van der Waals surface area contributed by atoms with Crippen LogP contribution in [0.3, 0.4) is 0 Å². The molecular weight excluding hydrogens is 388 g/mol. The Morgan fingerprint density at radius 2 is 1.72 bits per heavy atom. The van der Waals surface area contributed by atoms with Crippen LogP contribution >= 0.6 is 0 Å². The zero-order valence-corrected chi connectivity index (χ0v) is 15.2. The molecule has 1 aromatic carbocycles. The molecular formula is C20H16F4N4O. The van der Waals surface area contributed by atoms with Crippen molar-refractivity contribution in [3.63, 3.8) is 0 Å².